The van der Waals surface area contributed by atoms with E-state index >= 15 is 0 Å². The number of likely N-dealkylation sites (tertiary alicyclic amines) is 1. The van der Waals surface area contributed by atoms with Crippen LogP contribution < -0.4 is 0 Å². The molecule has 0 spiro atoms. The van der Waals surface area contributed by atoms with Crippen molar-refractivity contribution in [1.29, 1.82) is 0 Å². The third-order valence-corrected chi connectivity index (χ3v) is 4.01. The van der Waals surface area contributed by atoms with Crippen molar-refractivity contribution >= 4 is 28.3 Å². The third-order valence-electron chi connectivity index (χ3n) is 2.56. The van der Waals surface area contributed by atoms with E-state index in [-0.39, 0.29) is 0 Å². The standard InChI is InChI=1S/C12H15NS2/c14-12(13-9-5-2-6-10-13)15-11-7-3-1-4-8-11/h1,3-4,7-8H,2,5-6,9-10H2. The molecule has 1 fully saturated rings. The maximum Gasteiger partial charge on any atom is 0.141 e. The fourth-order valence-electron chi connectivity index (χ4n) is 1.73. The quantitative estimate of drug-likeness (QED) is 0.543. The predicted octanol–water partition coefficient (Wildman–Crippen LogP) is 3.55. The Labute approximate surface area is 101 Å². The van der Waals surface area contributed by atoms with Crippen LogP contribution in [0.2, 0.25) is 0 Å². The summed E-state index contributed by atoms with van der Waals surface area (Å²) in [5, 5.41) is 0. The van der Waals surface area contributed by atoms with Crippen molar-refractivity contribution in [2.45, 2.75) is 24.2 Å². The lowest BCUT2D eigenvalue weighted by Crippen LogP contribution is -2.32. The third kappa shape index (κ3) is 3.21. The Hall–Kier alpha value is -0.540. The fourth-order valence-corrected chi connectivity index (χ4v) is 3.01. The average Bonchev–Trinajstić information content (AvgIpc) is 2.31. The highest BCUT2D eigenvalue weighted by molar-refractivity contribution is 8.22. The second-order valence-corrected chi connectivity index (χ2v) is 5.44. The molecule has 0 atom stereocenters. The minimum absolute atomic E-state index is 1.03. The van der Waals surface area contributed by atoms with Crippen LogP contribution in [0.25, 0.3) is 0 Å². The van der Waals surface area contributed by atoms with Crippen molar-refractivity contribution in [2.75, 3.05) is 13.1 Å². The molecule has 0 aromatic heterocycles. The number of benzene rings is 1. The molecular formula is C12H15NS2. The van der Waals surface area contributed by atoms with Crippen LogP contribution in [0.15, 0.2) is 35.2 Å². The zero-order valence-corrected chi connectivity index (χ0v) is 10.3. The lowest BCUT2D eigenvalue weighted by molar-refractivity contribution is 0.352. The molecule has 2 rings (SSSR count). The van der Waals surface area contributed by atoms with Crippen molar-refractivity contribution in [2.24, 2.45) is 0 Å². The summed E-state index contributed by atoms with van der Waals surface area (Å²) in [5.41, 5.74) is 0. The van der Waals surface area contributed by atoms with Crippen molar-refractivity contribution < 1.29 is 0 Å². The highest BCUT2D eigenvalue weighted by Gasteiger charge is 2.13. The van der Waals surface area contributed by atoms with E-state index in [1.54, 1.807) is 11.8 Å². The molecule has 15 heavy (non-hydrogen) atoms. The highest BCUT2D eigenvalue weighted by Crippen LogP contribution is 2.23. The summed E-state index contributed by atoms with van der Waals surface area (Å²) in [4.78, 5) is 3.57. The van der Waals surface area contributed by atoms with Crippen molar-refractivity contribution in [3.8, 4) is 0 Å². The summed E-state index contributed by atoms with van der Waals surface area (Å²) in [7, 11) is 0. The zero-order valence-electron chi connectivity index (χ0n) is 8.69. The first-order valence-electron chi connectivity index (χ1n) is 5.38. The van der Waals surface area contributed by atoms with Gasteiger partial charge in [0.2, 0.25) is 0 Å². The van der Waals surface area contributed by atoms with Gasteiger partial charge in [0.25, 0.3) is 0 Å². The summed E-state index contributed by atoms with van der Waals surface area (Å²) in [6, 6.07) is 10.4. The minimum Gasteiger partial charge on any atom is -0.357 e. The second kappa shape index (κ2) is 5.52. The Morgan fingerprint density at radius 2 is 1.73 bits per heavy atom. The second-order valence-electron chi connectivity index (χ2n) is 3.73. The van der Waals surface area contributed by atoms with Gasteiger partial charge in [-0.25, -0.2) is 0 Å². The van der Waals surface area contributed by atoms with Gasteiger partial charge in [-0.2, -0.15) is 0 Å². The molecule has 1 aromatic rings. The molecule has 1 aliphatic heterocycles. The molecule has 1 aliphatic rings. The highest BCUT2D eigenvalue weighted by atomic mass is 32.2. The van der Waals surface area contributed by atoms with Crippen molar-refractivity contribution in [1.82, 2.24) is 4.90 Å². The number of rotatable bonds is 1. The Balaban J connectivity index is 1.91. The van der Waals surface area contributed by atoms with Gasteiger partial charge < -0.3 is 4.90 Å². The van der Waals surface area contributed by atoms with Crippen LogP contribution in [-0.4, -0.2) is 22.3 Å². The topological polar surface area (TPSA) is 3.24 Å². The molecule has 0 aliphatic carbocycles. The monoisotopic (exact) mass is 237 g/mol. The van der Waals surface area contributed by atoms with Gasteiger partial charge in [-0.05, 0) is 31.4 Å². The Kier molecular flexibility index (Phi) is 4.03. The molecule has 0 bridgehead atoms. The minimum atomic E-state index is 1.03. The van der Waals surface area contributed by atoms with E-state index in [4.69, 9.17) is 12.2 Å². The molecule has 1 heterocycles. The molecule has 0 radical (unpaired) electrons. The summed E-state index contributed by atoms with van der Waals surface area (Å²) < 4.78 is 1.03. The maximum absolute atomic E-state index is 5.44. The normalized spacial score (nSPS) is 16.4. The van der Waals surface area contributed by atoms with Gasteiger partial charge in [0, 0.05) is 18.0 Å². The van der Waals surface area contributed by atoms with E-state index in [1.165, 1.54) is 24.2 Å². The lowest BCUT2D eigenvalue weighted by Gasteiger charge is -2.28. The number of hydrogen-bond donors (Lipinski definition) is 0. The van der Waals surface area contributed by atoms with Crippen LogP contribution in [0.5, 0.6) is 0 Å². The van der Waals surface area contributed by atoms with Gasteiger partial charge in [0.1, 0.15) is 4.32 Å². The van der Waals surface area contributed by atoms with E-state index in [0.717, 1.165) is 17.4 Å². The molecule has 0 saturated carbocycles. The molecule has 0 amide bonds. The fraction of sp³-hybridized carbons (Fsp3) is 0.417. The number of thioether (sulfide) groups is 1. The van der Waals surface area contributed by atoms with Gasteiger partial charge in [-0.3, -0.25) is 0 Å². The first kappa shape index (κ1) is 11.0. The SMILES string of the molecule is S=C(Sc1ccccc1)N1CCCCC1. The van der Waals surface area contributed by atoms with Crippen LogP contribution in [-0.2, 0) is 0 Å². The number of nitrogens with zero attached hydrogens (tertiary/aromatic N) is 1. The van der Waals surface area contributed by atoms with Crippen LogP contribution >= 0.6 is 24.0 Å². The first-order chi connectivity index (χ1) is 7.36. The van der Waals surface area contributed by atoms with Crippen LogP contribution in [0.3, 0.4) is 0 Å². The first-order valence-corrected chi connectivity index (χ1v) is 6.60. The van der Waals surface area contributed by atoms with Gasteiger partial charge in [-0.15, -0.1) is 0 Å². The van der Waals surface area contributed by atoms with Gasteiger partial charge in [-0.1, -0.05) is 42.2 Å². The maximum atomic E-state index is 5.44. The van der Waals surface area contributed by atoms with E-state index in [1.807, 2.05) is 6.07 Å². The molecule has 0 unspecified atom stereocenters. The van der Waals surface area contributed by atoms with Crippen LogP contribution in [0.1, 0.15) is 19.3 Å². The molecule has 1 saturated heterocycles. The van der Waals surface area contributed by atoms with Crippen molar-refractivity contribution in [3.63, 3.8) is 0 Å². The van der Waals surface area contributed by atoms with E-state index in [0.29, 0.717) is 0 Å². The zero-order chi connectivity index (χ0) is 10.5. The molecule has 3 heteroatoms. The van der Waals surface area contributed by atoms with Crippen LogP contribution in [0.4, 0.5) is 0 Å². The van der Waals surface area contributed by atoms with E-state index in [9.17, 15) is 0 Å². The Morgan fingerprint density at radius 3 is 2.40 bits per heavy atom. The smallest absolute Gasteiger partial charge is 0.141 e. The van der Waals surface area contributed by atoms with E-state index in [2.05, 4.69) is 29.2 Å². The Bertz CT molecular complexity index is 318. The molecule has 1 nitrogen and oxygen atoms in total. The average molecular weight is 237 g/mol. The van der Waals surface area contributed by atoms with Gasteiger partial charge >= 0.3 is 0 Å². The molecular weight excluding hydrogens is 222 g/mol. The van der Waals surface area contributed by atoms with Crippen molar-refractivity contribution in [3.05, 3.63) is 30.3 Å². The predicted molar refractivity (Wildman–Crippen MR) is 70.3 cm³/mol. The molecule has 80 valence electrons. The van der Waals surface area contributed by atoms with E-state index < -0.39 is 0 Å². The Morgan fingerprint density at radius 1 is 1.07 bits per heavy atom. The number of hydrogen-bond acceptors (Lipinski definition) is 2. The number of piperidine rings is 1. The van der Waals surface area contributed by atoms with Gasteiger partial charge in [0.05, 0.1) is 0 Å². The largest absolute Gasteiger partial charge is 0.357 e. The number of thiocarbonyl (C=S) groups is 1. The summed E-state index contributed by atoms with van der Waals surface area (Å²) in [6.45, 7) is 2.28. The summed E-state index contributed by atoms with van der Waals surface area (Å²) >= 11 is 7.15. The summed E-state index contributed by atoms with van der Waals surface area (Å²) in [5.74, 6) is 0. The lowest BCUT2D eigenvalue weighted by atomic mass is 10.1. The summed E-state index contributed by atoms with van der Waals surface area (Å²) in [6.07, 6.45) is 3.93. The van der Waals surface area contributed by atoms with Crippen LogP contribution in [0, 0.1) is 0 Å². The van der Waals surface area contributed by atoms with Gasteiger partial charge in [0.15, 0.2) is 0 Å². The molecule has 0 N–H and O–H groups in total. The molecule has 1 aromatic carbocycles.